The quantitative estimate of drug-likeness (QED) is 0.932. The van der Waals surface area contributed by atoms with Crippen LogP contribution in [-0.2, 0) is 4.79 Å². The van der Waals surface area contributed by atoms with Gasteiger partial charge in [-0.05, 0) is 43.5 Å². The molecule has 5 heteroatoms. The van der Waals surface area contributed by atoms with Crippen LogP contribution in [0.2, 0.25) is 0 Å². The maximum Gasteiger partial charge on any atom is 0.251 e. The minimum atomic E-state index is -0.349. The fourth-order valence-corrected chi connectivity index (χ4v) is 3.98. The normalized spacial score (nSPS) is 27.6. The Morgan fingerprint density at radius 1 is 1.36 bits per heavy atom. The molecule has 2 atom stereocenters. The van der Waals surface area contributed by atoms with Crippen LogP contribution in [-0.4, -0.2) is 36.3 Å². The zero-order chi connectivity index (χ0) is 15.7. The summed E-state index contributed by atoms with van der Waals surface area (Å²) < 4.78 is 12.9. The number of likely N-dealkylation sites (tertiary alicyclic amines) is 1. The van der Waals surface area contributed by atoms with Gasteiger partial charge >= 0.3 is 0 Å². The summed E-state index contributed by atoms with van der Waals surface area (Å²) in [5, 5.41) is 2.99. The summed E-state index contributed by atoms with van der Waals surface area (Å²) in [4.78, 5) is 26.0. The average molecular weight is 304 g/mol. The number of piperidine rings is 1. The van der Waals surface area contributed by atoms with Crippen molar-refractivity contribution < 1.29 is 14.0 Å². The second-order valence-corrected chi connectivity index (χ2v) is 6.46. The number of carbonyl (C=O) groups excluding carboxylic acids is 2. The van der Waals surface area contributed by atoms with Crippen molar-refractivity contribution in [1.82, 2.24) is 10.2 Å². The van der Waals surface area contributed by atoms with Crippen molar-refractivity contribution >= 4 is 11.8 Å². The van der Waals surface area contributed by atoms with Gasteiger partial charge in [-0.1, -0.05) is 6.42 Å². The van der Waals surface area contributed by atoms with Gasteiger partial charge in [0.15, 0.2) is 0 Å². The molecular formula is C17H21FN2O2. The molecule has 0 aromatic heterocycles. The van der Waals surface area contributed by atoms with Crippen molar-refractivity contribution in [2.45, 2.75) is 38.1 Å². The van der Waals surface area contributed by atoms with Gasteiger partial charge in [-0.15, -0.1) is 0 Å². The summed E-state index contributed by atoms with van der Waals surface area (Å²) in [6.07, 6.45) is 4.53. The lowest BCUT2D eigenvalue weighted by Gasteiger charge is -2.44. The monoisotopic (exact) mass is 304 g/mol. The molecule has 1 aromatic rings. The third-order valence-corrected chi connectivity index (χ3v) is 5.26. The molecular weight excluding hydrogens is 283 g/mol. The Kier molecular flexibility index (Phi) is 3.89. The van der Waals surface area contributed by atoms with Gasteiger partial charge < -0.3 is 10.2 Å². The summed E-state index contributed by atoms with van der Waals surface area (Å²) in [6.45, 7) is 0.575. The first-order valence-corrected chi connectivity index (χ1v) is 7.81. The van der Waals surface area contributed by atoms with Gasteiger partial charge in [0.2, 0.25) is 5.91 Å². The van der Waals surface area contributed by atoms with Crippen LogP contribution in [0.15, 0.2) is 24.3 Å². The lowest BCUT2D eigenvalue weighted by Crippen LogP contribution is -2.54. The third kappa shape index (κ3) is 2.60. The molecule has 0 spiro atoms. The Labute approximate surface area is 129 Å². The van der Waals surface area contributed by atoms with Crippen molar-refractivity contribution in [3.05, 3.63) is 35.6 Å². The Morgan fingerprint density at radius 2 is 2.09 bits per heavy atom. The second-order valence-electron chi connectivity index (χ2n) is 6.46. The molecule has 22 heavy (non-hydrogen) atoms. The summed E-state index contributed by atoms with van der Waals surface area (Å²) in [5.74, 6) is -0.328. The molecule has 118 valence electrons. The van der Waals surface area contributed by atoms with E-state index in [-0.39, 0.29) is 29.1 Å². The van der Waals surface area contributed by atoms with Crippen LogP contribution in [0.25, 0.3) is 0 Å². The second kappa shape index (κ2) is 5.71. The zero-order valence-corrected chi connectivity index (χ0v) is 12.8. The number of amides is 2. The first kappa shape index (κ1) is 15.0. The van der Waals surface area contributed by atoms with Crippen LogP contribution in [0.4, 0.5) is 4.39 Å². The number of hydrogen-bond donors (Lipinski definition) is 1. The molecule has 4 nitrogen and oxygen atoms in total. The van der Waals surface area contributed by atoms with Crippen LogP contribution in [0.1, 0.15) is 42.5 Å². The summed E-state index contributed by atoms with van der Waals surface area (Å²) in [6, 6.07) is 5.79. The fraction of sp³-hybridized carbons (Fsp3) is 0.529. The summed E-state index contributed by atoms with van der Waals surface area (Å²) >= 11 is 0. The predicted octanol–water partition coefficient (Wildman–Crippen LogP) is 2.35. The minimum Gasteiger partial charge on any atom is -0.351 e. The lowest BCUT2D eigenvalue weighted by atomic mass is 9.74. The highest BCUT2D eigenvalue weighted by Gasteiger charge is 2.49. The van der Waals surface area contributed by atoms with Crippen LogP contribution in [0.3, 0.4) is 0 Å². The highest BCUT2D eigenvalue weighted by molar-refractivity contribution is 5.94. The number of rotatable bonds is 3. The maximum atomic E-state index is 12.9. The number of carbonyl (C=O) groups is 2. The SMILES string of the molecule is CN1C(=O)CC[C@]2(CNC(=O)c3ccc(F)cc3)CCC[C@@H]12. The Balaban J connectivity index is 1.68. The fourth-order valence-electron chi connectivity index (χ4n) is 3.98. The zero-order valence-electron chi connectivity index (χ0n) is 12.8. The van der Waals surface area contributed by atoms with E-state index in [1.807, 2.05) is 11.9 Å². The number of halogens is 1. The molecule has 2 amide bonds. The van der Waals surface area contributed by atoms with Gasteiger partial charge in [0.1, 0.15) is 5.82 Å². The van der Waals surface area contributed by atoms with Gasteiger partial charge in [-0.25, -0.2) is 4.39 Å². The molecule has 0 unspecified atom stereocenters. The molecule has 2 aliphatic rings. The third-order valence-electron chi connectivity index (χ3n) is 5.26. The van der Waals surface area contributed by atoms with Crippen LogP contribution in [0, 0.1) is 11.2 Å². The minimum absolute atomic E-state index is 0.00164. The molecule has 0 bridgehead atoms. The van der Waals surface area contributed by atoms with E-state index in [1.165, 1.54) is 24.3 Å². The van der Waals surface area contributed by atoms with Gasteiger partial charge in [0, 0.05) is 37.0 Å². The molecule has 2 fully saturated rings. The molecule has 3 rings (SSSR count). The highest BCUT2D eigenvalue weighted by atomic mass is 19.1. The summed E-state index contributed by atoms with van der Waals surface area (Å²) in [5.41, 5.74) is 0.464. The van der Waals surface area contributed by atoms with Gasteiger partial charge in [-0.3, -0.25) is 9.59 Å². The molecule has 1 saturated carbocycles. The molecule has 1 aliphatic carbocycles. The van der Waals surface area contributed by atoms with Gasteiger partial charge in [0.25, 0.3) is 5.91 Å². The number of nitrogens with one attached hydrogen (secondary N) is 1. The first-order valence-electron chi connectivity index (χ1n) is 7.81. The molecule has 1 N–H and O–H groups in total. The van der Waals surface area contributed by atoms with E-state index in [2.05, 4.69) is 5.32 Å². The Morgan fingerprint density at radius 3 is 2.82 bits per heavy atom. The average Bonchev–Trinajstić information content (AvgIpc) is 2.95. The van der Waals surface area contributed by atoms with Crippen molar-refractivity contribution in [1.29, 1.82) is 0 Å². The molecule has 0 radical (unpaired) electrons. The van der Waals surface area contributed by atoms with Crippen LogP contribution >= 0.6 is 0 Å². The predicted molar refractivity (Wildman–Crippen MR) is 80.8 cm³/mol. The molecule has 1 heterocycles. The van der Waals surface area contributed by atoms with E-state index in [4.69, 9.17) is 0 Å². The standard InChI is InChI=1S/C17H21FN2O2/c1-20-14-3-2-9-17(14,10-8-15(20)21)11-19-16(22)12-4-6-13(18)7-5-12/h4-7,14H,2-3,8-11H2,1H3,(H,19,22)/t14-,17+/m1/s1. The van der Waals surface area contributed by atoms with Crippen LogP contribution in [0.5, 0.6) is 0 Å². The highest BCUT2D eigenvalue weighted by Crippen LogP contribution is 2.47. The molecule has 1 aliphatic heterocycles. The number of benzene rings is 1. The lowest BCUT2D eigenvalue weighted by molar-refractivity contribution is -0.139. The van der Waals surface area contributed by atoms with E-state index in [0.717, 1.165) is 25.7 Å². The van der Waals surface area contributed by atoms with Crippen molar-refractivity contribution in [2.24, 2.45) is 5.41 Å². The largest absolute Gasteiger partial charge is 0.351 e. The Hall–Kier alpha value is -1.91. The van der Waals surface area contributed by atoms with Gasteiger partial charge in [0.05, 0.1) is 0 Å². The summed E-state index contributed by atoms with van der Waals surface area (Å²) in [7, 11) is 1.87. The number of fused-ring (bicyclic) bond motifs is 1. The number of nitrogens with zero attached hydrogens (tertiary/aromatic N) is 1. The smallest absolute Gasteiger partial charge is 0.251 e. The first-order chi connectivity index (χ1) is 10.5. The molecule has 1 saturated heterocycles. The van der Waals surface area contributed by atoms with E-state index in [1.54, 1.807) is 0 Å². The van der Waals surface area contributed by atoms with E-state index >= 15 is 0 Å². The van der Waals surface area contributed by atoms with Crippen molar-refractivity contribution in [3.8, 4) is 0 Å². The van der Waals surface area contributed by atoms with Crippen molar-refractivity contribution in [3.63, 3.8) is 0 Å². The number of hydrogen-bond acceptors (Lipinski definition) is 2. The van der Waals surface area contributed by atoms with E-state index < -0.39 is 0 Å². The van der Waals surface area contributed by atoms with Crippen LogP contribution < -0.4 is 5.32 Å². The topological polar surface area (TPSA) is 49.4 Å². The van der Waals surface area contributed by atoms with E-state index in [0.29, 0.717) is 18.5 Å². The Bertz CT molecular complexity index is 587. The molecule has 1 aromatic carbocycles. The van der Waals surface area contributed by atoms with Crippen molar-refractivity contribution in [2.75, 3.05) is 13.6 Å². The van der Waals surface area contributed by atoms with Gasteiger partial charge in [-0.2, -0.15) is 0 Å². The maximum absolute atomic E-state index is 12.9. The van der Waals surface area contributed by atoms with E-state index in [9.17, 15) is 14.0 Å².